The van der Waals surface area contributed by atoms with Gasteiger partial charge in [-0.05, 0) is 25.0 Å². The number of anilines is 1. The molecule has 14 heavy (non-hydrogen) atoms. The second-order valence-electron chi connectivity index (χ2n) is 3.50. The number of ether oxygens (including phenoxy) is 1. The fourth-order valence-corrected chi connectivity index (χ4v) is 1.63. The van der Waals surface area contributed by atoms with Crippen molar-refractivity contribution in [2.24, 2.45) is 0 Å². The van der Waals surface area contributed by atoms with Gasteiger partial charge in [-0.1, -0.05) is 12.1 Å². The summed E-state index contributed by atoms with van der Waals surface area (Å²) in [6.07, 6.45) is 2.43. The molecule has 2 rings (SSSR count). The van der Waals surface area contributed by atoms with Gasteiger partial charge < -0.3 is 10.1 Å². The summed E-state index contributed by atoms with van der Waals surface area (Å²) < 4.78 is 18.6. The number of hydrogen-bond acceptors (Lipinski definition) is 2. The number of nitrogens with one attached hydrogen (secondary N) is 1. The van der Waals surface area contributed by atoms with E-state index in [0.29, 0.717) is 12.2 Å². The Morgan fingerprint density at radius 3 is 3.00 bits per heavy atom. The summed E-state index contributed by atoms with van der Waals surface area (Å²) in [6.45, 7) is 1.53. The van der Waals surface area contributed by atoms with E-state index in [1.807, 2.05) is 6.07 Å². The molecule has 0 bridgehead atoms. The first-order chi connectivity index (χ1) is 6.86. The largest absolute Gasteiger partial charge is 0.380 e. The maximum atomic E-state index is 13.2. The van der Waals surface area contributed by atoms with E-state index in [0.717, 1.165) is 19.4 Å². The molecule has 1 aromatic rings. The number of hydrogen-bond donors (Lipinski definition) is 1. The van der Waals surface area contributed by atoms with Crippen LogP contribution in [0.1, 0.15) is 12.8 Å². The van der Waals surface area contributed by atoms with Gasteiger partial charge in [0.15, 0.2) is 0 Å². The highest BCUT2D eigenvalue weighted by Crippen LogP contribution is 2.15. The van der Waals surface area contributed by atoms with Gasteiger partial charge in [0.05, 0.1) is 11.8 Å². The lowest BCUT2D eigenvalue weighted by Gasteiger charge is -2.12. The Hall–Kier alpha value is -1.09. The lowest BCUT2D eigenvalue weighted by Crippen LogP contribution is -2.18. The topological polar surface area (TPSA) is 21.3 Å². The molecule has 2 nitrogen and oxygen atoms in total. The monoisotopic (exact) mass is 195 g/mol. The third-order valence-corrected chi connectivity index (χ3v) is 2.42. The van der Waals surface area contributed by atoms with Crippen LogP contribution >= 0.6 is 0 Å². The Bertz CT molecular complexity index is 297. The maximum Gasteiger partial charge on any atom is 0.146 e. The van der Waals surface area contributed by atoms with E-state index in [-0.39, 0.29) is 11.9 Å². The number of benzene rings is 1. The van der Waals surface area contributed by atoms with E-state index in [2.05, 4.69) is 5.32 Å². The maximum absolute atomic E-state index is 13.2. The summed E-state index contributed by atoms with van der Waals surface area (Å²) >= 11 is 0. The Labute approximate surface area is 83.1 Å². The second kappa shape index (κ2) is 4.42. The van der Waals surface area contributed by atoms with Gasteiger partial charge in [-0.25, -0.2) is 4.39 Å². The molecule has 0 aromatic heterocycles. The molecular formula is C11H14FNO. The highest BCUT2D eigenvalue weighted by molar-refractivity contribution is 5.44. The summed E-state index contributed by atoms with van der Waals surface area (Å²) in [5.41, 5.74) is 0.558. The molecular weight excluding hydrogens is 181 g/mol. The van der Waals surface area contributed by atoms with Crippen molar-refractivity contribution >= 4 is 5.69 Å². The minimum absolute atomic E-state index is 0.203. The van der Waals surface area contributed by atoms with Gasteiger partial charge in [-0.15, -0.1) is 0 Å². The summed E-state index contributed by atoms with van der Waals surface area (Å²) in [6, 6.07) is 6.70. The summed E-state index contributed by atoms with van der Waals surface area (Å²) in [5, 5.41) is 3.05. The van der Waals surface area contributed by atoms with Crippen molar-refractivity contribution in [3.05, 3.63) is 30.1 Å². The molecule has 0 saturated carbocycles. The number of rotatable bonds is 3. The molecule has 0 aliphatic carbocycles. The standard InChI is InChI=1S/C11H14FNO/c12-10-5-1-2-6-11(10)13-8-9-4-3-7-14-9/h1-2,5-6,9,13H,3-4,7-8H2/t9-/m1/s1. The highest BCUT2D eigenvalue weighted by Gasteiger charge is 2.15. The van der Waals surface area contributed by atoms with Crippen molar-refractivity contribution in [2.45, 2.75) is 18.9 Å². The van der Waals surface area contributed by atoms with Crippen molar-refractivity contribution in [3.63, 3.8) is 0 Å². The molecule has 1 aromatic carbocycles. The zero-order valence-electron chi connectivity index (χ0n) is 8.00. The third kappa shape index (κ3) is 2.23. The van der Waals surface area contributed by atoms with Crippen molar-refractivity contribution in [1.29, 1.82) is 0 Å². The van der Waals surface area contributed by atoms with Gasteiger partial charge in [-0.3, -0.25) is 0 Å². The molecule has 1 N–H and O–H groups in total. The normalized spacial score (nSPS) is 21.1. The Morgan fingerprint density at radius 2 is 2.29 bits per heavy atom. The average molecular weight is 195 g/mol. The number of para-hydroxylation sites is 1. The van der Waals surface area contributed by atoms with Gasteiger partial charge in [0.2, 0.25) is 0 Å². The smallest absolute Gasteiger partial charge is 0.146 e. The first-order valence-electron chi connectivity index (χ1n) is 4.96. The molecule has 1 saturated heterocycles. The van der Waals surface area contributed by atoms with Crippen molar-refractivity contribution in [1.82, 2.24) is 0 Å². The van der Waals surface area contributed by atoms with Crippen LogP contribution in [0.5, 0.6) is 0 Å². The molecule has 0 unspecified atom stereocenters. The van der Waals surface area contributed by atoms with Crippen LogP contribution < -0.4 is 5.32 Å². The molecule has 0 amide bonds. The van der Waals surface area contributed by atoms with E-state index in [1.54, 1.807) is 12.1 Å². The Morgan fingerprint density at radius 1 is 1.43 bits per heavy atom. The molecule has 1 atom stereocenters. The van der Waals surface area contributed by atoms with Gasteiger partial charge in [0, 0.05) is 13.2 Å². The van der Waals surface area contributed by atoms with Crippen molar-refractivity contribution in [2.75, 3.05) is 18.5 Å². The quantitative estimate of drug-likeness (QED) is 0.799. The SMILES string of the molecule is Fc1ccccc1NC[C@H]1CCCO1. The van der Waals surface area contributed by atoms with Crippen molar-refractivity contribution in [3.8, 4) is 0 Å². The third-order valence-electron chi connectivity index (χ3n) is 2.42. The minimum Gasteiger partial charge on any atom is -0.380 e. The van der Waals surface area contributed by atoms with Gasteiger partial charge in [0.25, 0.3) is 0 Å². The van der Waals surface area contributed by atoms with Crippen LogP contribution in [0.4, 0.5) is 10.1 Å². The van der Waals surface area contributed by atoms with Crippen LogP contribution in [0.25, 0.3) is 0 Å². The fraction of sp³-hybridized carbons (Fsp3) is 0.455. The second-order valence-corrected chi connectivity index (χ2v) is 3.50. The van der Waals surface area contributed by atoms with Crippen LogP contribution in [0, 0.1) is 5.82 Å². The molecule has 3 heteroatoms. The van der Waals surface area contributed by atoms with Crippen molar-refractivity contribution < 1.29 is 9.13 Å². The first kappa shape index (κ1) is 9.46. The van der Waals surface area contributed by atoms with Gasteiger partial charge in [0.1, 0.15) is 5.82 Å². The molecule has 0 spiro atoms. The highest BCUT2D eigenvalue weighted by atomic mass is 19.1. The van der Waals surface area contributed by atoms with E-state index in [1.165, 1.54) is 6.07 Å². The van der Waals surface area contributed by atoms with Crippen LogP contribution in [-0.4, -0.2) is 19.3 Å². The van der Waals surface area contributed by atoms with Crippen LogP contribution in [-0.2, 0) is 4.74 Å². The molecule has 1 aliphatic rings. The first-order valence-corrected chi connectivity index (χ1v) is 4.96. The predicted octanol–water partition coefficient (Wildman–Crippen LogP) is 2.42. The Kier molecular flexibility index (Phi) is 2.99. The lowest BCUT2D eigenvalue weighted by molar-refractivity contribution is 0.120. The van der Waals surface area contributed by atoms with Crippen LogP contribution in [0.2, 0.25) is 0 Å². The Balaban J connectivity index is 1.88. The van der Waals surface area contributed by atoms with E-state index in [4.69, 9.17) is 4.74 Å². The van der Waals surface area contributed by atoms with Crippen LogP contribution in [0.3, 0.4) is 0 Å². The summed E-state index contributed by atoms with van der Waals surface area (Å²) in [5.74, 6) is -0.203. The molecule has 76 valence electrons. The van der Waals surface area contributed by atoms with E-state index < -0.39 is 0 Å². The molecule has 0 radical (unpaired) electrons. The van der Waals surface area contributed by atoms with E-state index >= 15 is 0 Å². The zero-order valence-corrected chi connectivity index (χ0v) is 8.00. The predicted molar refractivity (Wildman–Crippen MR) is 53.9 cm³/mol. The fourth-order valence-electron chi connectivity index (χ4n) is 1.63. The molecule has 1 fully saturated rings. The minimum atomic E-state index is -0.203. The van der Waals surface area contributed by atoms with Gasteiger partial charge in [-0.2, -0.15) is 0 Å². The zero-order chi connectivity index (χ0) is 9.80. The average Bonchev–Trinajstić information content (AvgIpc) is 2.69. The molecule has 1 heterocycles. The number of halogens is 1. The van der Waals surface area contributed by atoms with Gasteiger partial charge >= 0.3 is 0 Å². The van der Waals surface area contributed by atoms with E-state index in [9.17, 15) is 4.39 Å². The lowest BCUT2D eigenvalue weighted by atomic mass is 10.2. The molecule has 1 aliphatic heterocycles. The summed E-state index contributed by atoms with van der Waals surface area (Å²) in [7, 11) is 0. The van der Waals surface area contributed by atoms with Crippen LogP contribution in [0.15, 0.2) is 24.3 Å². The summed E-state index contributed by atoms with van der Waals surface area (Å²) in [4.78, 5) is 0.